The van der Waals surface area contributed by atoms with Crippen LogP contribution in [-0.2, 0) is 5.54 Å². The topological polar surface area (TPSA) is 106 Å². The molecule has 7 heteroatoms. The zero-order valence-corrected chi connectivity index (χ0v) is 14.3. The van der Waals surface area contributed by atoms with Crippen LogP contribution in [0.3, 0.4) is 0 Å². The number of aromatic nitrogens is 2. The van der Waals surface area contributed by atoms with Crippen molar-refractivity contribution >= 4 is 16.9 Å². The van der Waals surface area contributed by atoms with Crippen LogP contribution >= 0.6 is 0 Å². The van der Waals surface area contributed by atoms with Gasteiger partial charge < -0.3 is 26.3 Å². The third-order valence-corrected chi connectivity index (χ3v) is 5.30. The van der Waals surface area contributed by atoms with Crippen molar-refractivity contribution in [1.29, 1.82) is 5.41 Å². The number of nitrogens with zero attached hydrogens (tertiary/aromatic N) is 2. The fourth-order valence-corrected chi connectivity index (χ4v) is 3.67. The average molecular weight is 337 g/mol. The second-order valence-corrected chi connectivity index (χ2v) is 6.57. The molecule has 2 aliphatic heterocycles. The van der Waals surface area contributed by atoms with Crippen molar-refractivity contribution in [2.45, 2.75) is 18.4 Å². The Hall–Kier alpha value is -2.80. The molecule has 0 aliphatic carbocycles. The fraction of sp³-hybridized carbons (Fsp3) is 0.333. The summed E-state index contributed by atoms with van der Waals surface area (Å²) in [6, 6.07) is 8.11. The highest BCUT2D eigenvalue weighted by Crippen LogP contribution is 2.33. The maximum Gasteiger partial charge on any atom is 0.133 e. The minimum absolute atomic E-state index is 0.183. The molecule has 0 radical (unpaired) electrons. The van der Waals surface area contributed by atoms with Gasteiger partial charge in [0.05, 0.1) is 22.1 Å². The number of nitrogens with one attached hydrogen (secondary N) is 4. The number of amidine groups is 1. The van der Waals surface area contributed by atoms with E-state index in [-0.39, 0.29) is 5.54 Å². The van der Waals surface area contributed by atoms with Crippen LogP contribution in [0.2, 0.25) is 0 Å². The molecule has 3 heterocycles. The number of likely N-dealkylation sites (tertiary alicyclic amines) is 1. The van der Waals surface area contributed by atoms with Gasteiger partial charge in [-0.15, -0.1) is 0 Å². The molecule has 1 fully saturated rings. The standard InChI is InChI=1S/C18H23N7/c1-21-18(17-23-13-4-2-3-5-14(13)24-17)7-10-25(11-8-18)16(20)12-6-9-22-15(12)19/h2-6,9,21H,7-8,10-11,20H2,1H3,(H2,19,22)(H,23,24)/b16-12+. The molecule has 25 heavy (non-hydrogen) atoms. The summed E-state index contributed by atoms with van der Waals surface area (Å²) in [4.78, 5) is 10.4. The first-order valence-corrected chi connectivity index (χ1v) is 8.54. The Bertz CT molecular complexity index is 835. The van der Waals surface area contributed by atoms with Crippen molar-refractivity contribution in [3.8, 4) is 0 Å². The normalized spacial score (nSPS) is 21.6. The number of imidazole rings is 1. The van der Waals surface area contributed by atoms with E-state index in [0.29, 0.717) is 11.7 Å². The second-order valence-electron chi connectivity index (χ2n) is 6.57. The number of para-hydroxylation sites is 2. The van der Waals surface area contributed by atoms with Gasteiger partial charge in [0.2, 0.25) is 0 Å². The molecule has 0 saturated carbocycles. The first-order chi connectivity index (χ1) is 12.1. The van der Waals surface area contributed by atoms with Gasteiger partial charge in [0.1, 0.15) is 17.5 Å². The maximum absolute atomic E-state index is 7.90. The van der Waals surface area contributed by atoms with E-state index >= 15 is 0 Å². The monoisotopic (exact) mass is 337 g/mol. The Morgan fingerprint density at radius 3 is 2.72 bits per heavy atom. The average Bonchev–Trinajstić information content (AvgIpc) is 3.27. The Morgan fingerprint density at radius 1 is 1.32 bits per heavy atom. The molecule has 1 aromatic heterocycles. The molecule has 1 saturated heterocycles. The van der Waals surface area contributed by atoms with Crippen LogP contribution in [-0.4, -0.2) is 40.8 Å². The summed E-state index contributed by atoms with van der Waals surface area (Å²) in [5.41, 5.74) is 8.94. The van der Waals surface area contributed by atoms with Gasteiger partial charge in [-0.3, -0.25) is 5.41 Å². The molecular formula is C18H23N7. The molecular weight excluding hydrogens is 314 g/mol. The van der Waals surface area contributed by atoms with E-state index in [1.54, 1.807) is 6.20 Å². The third kappa shape index (κ3) is 2.56. The number of nitrogens with two attached hydrogens (primary N) is 1. The summed E-state index contributed by atoms with van der Waals surface area (Å²) in [6.45, 7) is 1.63. The molecule has 0 spiro atoms. The van der Waals surface area contributed by atoms with Crippen molar-refractivity contribution < 1.29 is 0 Å². The minimum atomic E-state index is -0.183. The highest BCUT2D eigenvalue weighted by Gasteiger charge is 2.38. The number of H-pyrrole nitrogens is 1. The Kier molecular flexibility index (Phi) is 3.73. The van der Waals surface area contributed by atoms with Crippen LogP contribution in [0.25, 0.3) is 11.0 Å². The number of aromatic amines is 1. The van der Waals surface area contributed by atoms with E-state index in [0.717, 1.165) is 48.4 Å². The van der Waals surface area contributed by atoms with Gasteiger partial charge in [-0.2, -0.15) is 0 Å². The fourth-order valence-electron chi connectivity index (χ4n) is 3.67. The van der Waals surface area contributed by atoms with Crippen molar-refractivity contribution in [3.63, 3.8) is 0 Å². The first-order valence-electron chi connectivity index (χ1n) is 8.54. The van der Waals surface area contributed by atoms with E-state index in [1.807, 2.05) is 31.3 Å². The van der Waals surface area contributed by atoms with E-state index in [9.17, 15) is 0 Å². The van der Waals surface area contributed by atoms with Crippen LogP contribution in [0.5, 0.6) is 0 Å². The second kappa shape index (κ2) is 5.93. The molecule has 0 atom stereocenters. The Labute approximate surface area is 146 Å². The Balaban J connectivity index is 1.58. The maximum atomic E-state index is 7.90. The van der Waals surface area contributed by atoms with Crippen LogP contribution in [0.15, 0.2) is 47.9 Å². The predicted molar refractivity (Wildman–Crippen MR) is 98.9 cm³/mol. The van der Waals surface area contributed by atoms with Crippen molar-refractivity contribution in [1.82, 2.24) is 25.5 Å². The van der Waals surface area contributed by atoms with E-state index in [1.165, 1.54) is 0 Å². The number of fused-ring (bicyclic) bond motifs is 1. The zero-order chi connectivity index (χ0) is 17.4. The molecule has 6 N–H and O–H groups in total. The highest BCUT2D eigenvalue weighted by atomic mass is 15.2. The molecule has 4 rings (SSSR count). The van der Waals surface area contributed by atoms with Crippen LogP contribution in [0.4, 0.5) is 0 Å². The van der Waals surface area contributed by atoms with E-state index in [2.05, 4.69) is 26.6 Å². The number of piperidine rings is 1. The number of hydrogen-bond acceptors (Lipinski definition) is 5. The zero-order valence-electron chi connectivity index (χ0n) is 14.3. The van der Waals surface area contributed by atoms with Crippen molar-refractivity contribution in [2.24, 2.45) is 5.73 Å². The van der Waals surface area contributed by atoms with Gasteiger partial charge >= 0.3 is 0 Å². The van der Waals surface area contributed by atoms with Crippen LogP contribution in [0.1, 0.15) is 18.7 Å². The van der Waals surface area contributed by atoms with Gasteiger partial charge in [-0.25, -0.2) is 4.98 Å². The van der Waals surface area contributed by atoms with Gasteiger partial charge in [0.25, 0.3) is 0 Å². The summed E-state index contributed by atoms with van der Waals surface area (Å²) in [5.74, 6) is 2.01. The smallest absolute Gasteiger partial charge is 0.133 e. The third-order valence-electron chi connectivity index (χ3n) is 5.30. The molecule has 2 aromatic rings. The van der Waals surface area contributed by atoms with Crippen LogP contribution in [0, 0.1) is 5.41 Å². The highest BCUT2D eigenvalue weighted by molar-refractivity contribution is 6.02. The summed E-state index contributed by atoms with van der Waals surface area (Å²) in [6.07, 6.45) is 5.39. The lowest BCUT2D eigenvalue weighted by Crippen LogP contribution is -2.51. The Morgan fingerprint density at radius 2 is 2.08 bits per heavy atom. The molecule has 7 nitrogen and oxygen atoms in total. The van der Waals surface area contributed by atoms with Crippen LogP contribution < -0.4 is 16.4 Å². The molecule has 130 valence electrons. The van der Waals surface area contributed by atoms with E-state index < -0.39 is 0 Å². The molecule has 0 unspecified atom stereocenters. The summed E-state index contributed by atoms with van der Waals surface area (Å²) < 4.78 is 0. The lowest BCUT2D eigenvalue weighted by atomic mass is 9.86. The van der Waals surface area contributed by atoms with Gasteiger partial charge in [-0.1, -0.05) is 12.1 Å². The molecule has 2 aliphatic rings. The quantitative estimate of drug-likeness (QED) is 0.581. The number of hydrogen-bond donors (Lipinski definition) is 5. The van der Waals surface area contributed by atoms with Gasteiger partial charge in [0.15, 0.2) is 0 Å². The lowest BCUT2D eigenvalue weighted by molar-refractivity contribution is 0.161. The summed E-state index contributed by atoms with van der Waals surface area (Å²) in [5, 5.41) is 14.3. The summed E-state index contributed by atoms with van der Waals surface area (Å²) in [7, 11) is 1.99. The van der Waals surface area contributed by atoms with Crippen molar-refractivity contribution in [2.75, 3.05) is 20.1 Å². The molecule has 0 bridgehead atoms. The predicted octanol–water partition coefficient (Wildman–Crippen LogP) is 1.34. The lowest BCUT2D eigenvalue weighted by Gasteiger charge is -2.41. The SMILES string of the molecule is CNC1(c2nc3ccccc3[nH]2)CCN(/C(N)=C2\C=CNC2=N)CC1. The van der Waals surface area contributed by atoms with Gasteiger partial charge in [-0.05, 0) is 38.1 Å². The molecule has 1 aromatic carbocycles. The van der Waals surface area contributed by atoms with Crippen molar-refractivity contribution in [3.05, 3.63) is 53.8 Å². The first kappa shape index (κ1) is 15.7. The number of benzene rings is 1. The largest absolute Gasteiger partial charge is 0.385 e. The van der Waals surface area contributed by atoms with E-state index in [4.69, 9.17) is 16.1 Å². The number of rotatable bonds is 3. The molecule has 0 amide bonds. The minimum Gasteiger partial charge on any atom is -0.385 e. The summed E-state index contributed by atoms with van der Waals surface area (Å²) >= 11 is 0. The van der Waals surface area contributed by atoms with Gasteiger partial charge in [0, 0.05) is 19.3 Å².